The molecule has 0 bridgehead atoms. The molecule has 4 rings (SSSR count). The van der Waals surface area contributed by atoms with Gasteiger partial charge in [-0.1, -0.05) is 32.1 Å². The van der Waals surface area contributed by atoms with E-state index in [2.05, 4.69) is 66.4 Å². The summed E-state index contributed by atoms with van der Waals surface area (Å²) in [5, 5.41) is 4.50. The molecule has 1 aromatic heterocycles. The van der Waals surface area contributed by atoms with E-state index in [1.165, 1.54) is 27.6 Å². The number of aromatic nitrogens is 1. The number of carbonyl (C=O) groups excluding carboxylic acids is 1. The van der Waals surface area contributed by atoms with Crippen LogP contribution < -0.4 is 5.32 Å². The minimum Gasteiger partial charge on any atom is -0.361 e. The Bertz CT molecular complexity index is 835. The fourth-order valence-electron chi connectivity index (χ4n) is 4.29. The number of likely N-dealkylation sites (N-methyl/N-ethyl adjacent to an activating group) is 1. The Hall–Kier alpha value is -2.07. The first-order valence-electron chi connectivity index (χ1n) is 9.47. The van der Waals surface area contributed by atoms with Crippen molar-refractivity contribution in [1.82, 2.24) is 15.2 Å². The lowest BCUT2D eigenvalue weighted by Crippen LogP contribution is -2.49. The van der Waals surface area contributed by atoms with Gasteiger partial charge in [0.1, 0.15) is 0 Å². The Morgan fingerprint density at radius 1 is 1.40 bits per heavy atom. The van der Waals surface area contributed by atoms with Crippen molar-refractivity contribution in [1.29, 1.82) is 0 Å². The molecule has 1 amide bonds. The van der Waals surface area contributed by atoms with Crippen molar-refractivity contribution in [2.24, 2.45) is 5.92 Å². The summed E-state index contributed by atoms with van der Waals surface area (Å²) < 4.78 is 0. The molecule has 2 heterocycles. The van der Waals surface area contributed by atoms with Crippen molar-refractivity contribution in [2.75, 3.05) is 13.1 Å². The molecule has 0 saturated carbocycles. The van der Waals surface area contributed by atoms with E-state index in [0.717, 1.165) is 25.9 Å². The molecular formula is C21H27N3O. The molecule has 0 fully saturated rings. The fourth-order valence-corrected chi connectivity index (χ4v) is 4.29. The summed E-state index contributed by atoms with van der Waals surface area (Å²) in [4.78, 5) is 18.6. The third-order valence-electron chi connectivity index (χ3n) is 5.87. The van der Waals surface area contributed by atoms with Gasteiger partial charge >= 0.3 is 0 Å². The largest absolute Gasteiger partial charge is 0.361 e. The number of amides is 1. The van der Waals surface area contributed by atoms with Gasteiger partial charge in [0.2, 0.25) is 5.91 Å². The van der Waals surface area contributed by atoms with Gasteiger partial charge in [-0.15, -0.1) is 0 Å². The van der Waals surface area contributed by atoms with E-state index in [4.69, 9.17) is 0 Å². The first-order valence-corrected chi connectivity index (χ1v) is 9.47. The van der Waals surface area contributed by atoms with Crippen LogP contribution >= 0.6 is 0 Å². The Labute approximate surface area is 149 Å². The predicted octanol–water partition coefficient (Wildman–Crippen LogP) is 3.34. The van der Waals surface area contributed by atoms with Crippen molar-refractivity contribution < 1.29 is 4.79 Å². The highest BCUT2D eigenvalue weighted by Crippen LogP contribution is 2.41. The van der Waals surface area contributed by atoms with Crippen molar-refractivity contribution in [2.45, 2.75) is 45.7 Å². The van der Waals surface area contributed by atoms with Crippen molar-refractivity contribution in [3.63, 3.8) is 0 Å². The van der Waals surface area contributed by atoms with Gasteiger partial charge in [0.15, 0.2) is 0 Å². The molecule has 4 nitrogen and oxygen atoms in total. The second-order valence-corrected chi connectivity index (χ2v) is 7.40. The minimum atomic E-state index is -0.0732. The molecule has 1 aromatic carbocycles. The molecule has 0 radical (unpaired) electrons. The van der Waals surface area contributed by atoms with E-state index in [0.29, 0.717) is 6.04 Å². The van der Waals surface area contributed by atoms with E-state index in [9.17, 15) is 4.79 Å². The second kappa shape index (κ2) is 6.34. The highest BCUT2D eigenvalue weighted by molar-refractivity contribution is 5.99. The molecule has 0 spiro atoms. The van der Waals surface area contributed by atoms with Crippen LogP contribution in [0.15, 0.2) is 30.5 Å². The summed E-state index contributed by atoms with van der Waals surface area (Å²) in [6.07, 6.45) is 6.37. The zero-order valence-electron chi connectivity index (χ0n) is 15.3. The lowest BCUT2D eigenvalue weighted by molar-refractivity contribution is -0.125. The van der Waals surface area contributed by atoms with Crippen LogP contribution in [0.3, 0.4) is 0 Å². The number of rotatable bonds is 4. The van der Waals surface area contributed by atoms with Crippen LogP contribution in [0.25, 0.3) is 16.5 Å². The normalized spacial score (nSPS) is 23.9. The Morgan fingerprint density at radius 3 is 3.00 bits per heavy atom. The zero-order valence-corrected chi connectivity index (χ0v) is 15.3. The van der Waals surface area contributed by atoms with Crippen LogP contribution in [0.4, 0.5) is 0 Å². The quantitative estimate of drug-likeness (QED) is 0.899. The van der Waals surface area contributed by atoms with Gasteiger partial charge in [-0.2, -0.15) is 0 Å². The third-order valence-corrected chi connectivity index (χ3v) is 5.87. The van der Waals surface area contributed by atoms with Crippen LogP contribution in [0.5, 0.6) is 0 Å². The average Bonchev–Trinajstić information content (AvgIpc) is 3.05. The number of benzene rings is 1. The Kier molecular flexibility index (Phi) is 4.16. The Balaban J connectivity index is 1.76. The van der Waals surface area contributed by atoms with Crippen molar-refractivity contribution in [3.8, 4) is 0 Å². The van der Waals surface area contributed by atoms with Gasteiger partial charge in [0.25, 0.3) is 0 Å². The van der Waals surface area contributed by atoms with E-state index < -0.39 is 0 Å². The monoisotopic (exact) mass is 337 g/mol. The molecule has 0 unspecified atom stereocenters. The van der Waals surface area contributed by atoms with Gasteiger partial charge in [-0.25, -0.2) is 0 Å². The van der Waals surface area contributed by atoms with Crippen LogP contribution in [-0.4, -0.2) is 41.0 Å². The Morgan fingerprint density at radius 2 is 2.24 bits per heavy atom. The van der Waals surface area contributed by atoms with Gasteiger partial charge in [-0.05, 0) is 49.1 Å². The molecule has 0 saturated heterocycles. The second-order valence-electron chi connectivity index (χ2n) is 7.40. The summed E-state index contributed by atoms with van der Waals surface area (Å²) >= 11 is 0. The standard InChI is InChI=1S/C21H27N3O/c1-4-13(3)23-21(25)15-9-17-16-7-6-8-18-20(16)14(11-22-18)10-19(17)24(5-2)12-15/h6-9,11,13,15,19,22H,4-5,10,12H2,1-3H3,(H,23,25)/t13-,15+,19-/m1/s1. The maximum Gasteiger partial charge on any atom is 0.228 e. The molecular weight excluding hydrogens is 310 g/mol. The van der Waals surface area contributed by atoms with Crippen molar-refractivity contribution in [3.05, 3.63) is 41.6 Å². The van der Waals surface area contributed by atoms with Gasteiger partial charge in [-0.3, -0.25) is 9.69 Å². The number of aromatic amines is 1. The molecule has 2 aliphatic rings. The minimum absolute atomic E-state index is 0.0732. The molecule has 1 aliphatic heterocycles. The predicted molar refractivity (Wildman–Crippen MR) is 102 cm³/mol. The first kappa shape index (κ1) is 16.4. The highest BCUT2D eigenvalue weighted by atomic mass is 16.2. The summed E-state index contributed by atoms with van der Waals surface area (Å²) in [6, 6.07) is 7.06. The maximum atomic E-state index is 12.8. The summed E-state index contributed by atoms with van der Waals surface area (Å²) in [6.45, 7) is 8.14. The van der Waals surface area contributed by atoms with Gasteiger partial charge < -0.3 is 10.3 Å². The lowest BCUT2D eigenvalue weighted by Gasteiger charge is -2.41. The van der Waals surface area contributed by atoms with Crippen LogP contribution in [0.1, 0.15) is 38.3 Å². The van der Waals surface area contributed by atoms with Crippen LogP contribution in [0, 0.1) is 5.92 Å². The SMILES string of the molecule is CC[C@@H](C)NC(=O)[C@H]1C=C2c3cccc4[nH]cc(c34)C[C@H]2N(CC)C1. The molecule has 25 heavy (non-hydrogen) atoms. The summed E-state index contributed by atoms with van der Waals surface area (Å²) in [7, 11) is 0. The smallest absolute Gasteiger partial charge is 0.228 e. The maximum absolute atomic E-state index is 12.8. The lowest BCUT2D eigenvalue weighted by atomic mass is 9.79. The van der Waals surface area contributed by atoms with E-state index in [-0.39, 0.29) is 17.9 Å². The summed E-state index contributed by atoms with van der Waals surface area (Å²) in [5.41, 5.74) is 5.22. The first-order chi connectivity index (χ1) is 12.1. The molecule has 2 aromatic rings. The molecule has 2 N–H and O–H groups in total. The number of fused-ring (bicyclic) bond motifs is 2. The number of nitrogens with one attached hydrogen (secondary N) is 2. The van der Waals surface area contributed by atoms with Crippen LogP contribution in [-0.2, 0) is 11.2 Å². The zero-order chi connectivity index (χ0) is 17.6. The third kappa shape index (κ3) is 2.69. The highest BCUT2D eigenvalue weighted by Gasteiger charge is 2.36. The van der Waals surface area contributed by atoms with E-state index in [1.807, 2.05) is 0 Å². The topological polar surface area (TPSA) is 48.1 Å². The number of nitrogens with zero attached hydrogens (tertiary/aromatic N) is 1. The van der Waals surface area contributed by atoms with Crippen molar-refractivity contribution >= 4 is 22.4 Å². The fraction of sp³-hybridized carbons (Fsp3) is 0.476. The summed E-state index contributed by atoms with van der Waals surface area (Å²) in [5.74, 6) is 0.0849. The van der Waals surface area contributed by atoms with Crippen LogP contribution in [0.2, 0.25) is 0 Å². The van der Waals surface area contributed by atoms with E-state index >= 15 is 0 Å². The number of H-pyrrole nitrogens is 1. The van der Waals surface area contributed by atoms with E-state index in [1.54, 1.807) is 0 Å². The molecule has 1 aliphatic carbocycles. The molecule has 4 heteroatoms. The average molecular weight is 337 g/mol. The number of hydrogen-bond donors (Lipinski definition) is 2. The molecule has 132 valence electrons. The van der Waals surface area contributed by atoms with Gasteiger partial charge in [0.05, 0.1) is 5.92 Å². The van der Waals surface area contributed by atoms with Gasteiger partial charge in [0, 0.05) is 35.7 Å². The number of carbonyl (C=O) groups is 1. The number of hydrogen-bond acceptors (Lipinski definition) is 2. The molecule has 3 atom stereocenters.